The Morgan fingerprint density at radius 3 is 2.32 bits per heavy atom. The Labute approximate surface area is 198 Å². The number of nitrogens with zero attached hydrogens (tertiary/aromatic N) is 1. The number of anilines is 1. The molecule has 5 heteroatoms. The summed E-state index contributed by atoms with van der Waals surface area (Å²) in [5.41, 5.74) is 5.34. The van der Waals surface area contributed by atoms with Crippen LogP contribution in [0.15, 0.2) is 69.9 Å². The first-order valence-electron chi connectivity index (χ1n) is 11.5. The average molecular weight is 454 g/mol. The summed E-state index contributed by atoms with van der Waals surface area (Å²) in [6.07, 6.45) is 0. The van der Waals surface area contributed by atoms with E-state index in [1.807, 2.05) is 56.3 Å². The number of fused-ring (bicyclic) bond motifs is 2. The highest BCUT2D eigenvalue weighted by Gasteiger charge is 2.43. The standard InChI is InChI=1S/C29H27NO4/c1-16(2)19-9-11-20(12-10-19)26-25-27(31)23-13-17(3)18(4)14-24(23)34-28(25)29(32)30(26)21-7-6-8-22(15-21)33-5/h6-16,26H,1-5H3. The van der Waals surface area contributed by atoms with Gasteiger partial charge in [0.15, 0.2) is 5.43 Å². The Balaban J connectivity index is 1.79. The van der Waals surface area contributed by atoms with Gasteiger partial charge >= 0.3 is 0 Å². The molecule has 0 bridgehead atoms. The summed E-state index contributed by atoms with van der Waals surface area (Å²) >= 11 is 0. The van der Waals surface area contributed by atoms with Crippen LogP contribution >= 0.6 is 0 Å². The summed E-state index contributed by atoms with van der Waals surface area (Å²) in [4.78, 5) is 29.2. The molecule has 2 heterocycles. The molecule has 34 heavy (non-hydrogen) atoms. The van der Waals surface area contributed by atoms with Crippen molar-refractivity contribution >= 4 is 22.6 Å². The number of carbonyl (C=O) groups is 1. The van der Waals surface area contributed by atoms with Crippen molar-refractivity contribution in [1.29, 1.82) is 0 Å². The maximum absolute atomic E-state index is 13.8. The van der Waals surface area contributed by atoms with E-state index in [1.165, 1.54) is 5.56 Å². The molecule has 0 aliphatic carbocycles. The number of carbonyl (C=O) groups excluding carboxylic acids is 1. The number of amides is 1. The van der Waals surface area contributed by atoms with Gasteiger partial charge in [-0.1, -0.05) is 44.2 Å². The Bertz CT molecular complexity index is 1480. The molecule has 0 fully saturated rings. The number of hydrogen-bond acceptors (Lipinski definition) is 4. The van der Waals surface area contributed by atoms with Crippen LogP contribution in [0.4, 0.5) is 5.69 Å². The number of benzene rings is 3. The Morgan fingerprint density at radius 1 is 0.941 bits per heavy atom. The molecule has 1 aromatic heterocycles. The van der Waals surface area contributed by atoms with E-state index in [0.717, 1.165) is 16.7 Å². The molecule has 5 rings (SSSR count). The van der Waals surface area contributed by atoms with Crippen molar-refractivity contribution in [3.63, 3.8) is 0 Å². The second kappa shape index (κ2) is 8.17. The largest absolute Gasteiger partial charge is 0.497 e. The van der Waals surface area contributed by atoms with Gasteiger partial charge in [-0.3, -0.25) is 14.5 Å². The van der Waals surface area contributed by atoms with E-state index in [4.69, 9.17) is 9.15 Å². The molecule has 4 aromatic rings. The molecule has 1 atom stereocenters. The summed E-state index contributed by atoms with van der Waals surface area (Å²) in [6.45, 7) is 8.21. The number of aryl methyl sites for hydroxylation is 2. The second-order valence-electron chi connectivity index (χ2n) is 9.21. The number of methoxy groups -OCH3 is 1. The van der Waals surface area contributed by atoms with Gasteiger partial charge in [-0.2, -0.15) is 0 Å². The van der Waals surface area contributed by atoms with Crippen molar-refractivity contribution < 1.29 is 13.9 Å². The van der Waals surface area contributed by atoms with Gasteiger partial charge in [-0.25, -0.2) is 0 Å². The van der Waals surface area contributed by atoms with Crippen LogP contribution in [0.2, 0.25) is 0 Å². The molecule has 0 N–H and O–H groups in total. The van der Waals surface area contributed by atoms with Crippen LogP contribution in [0.5, 0.6) is 5.75 Å². The van der Waals surface area contributed by atoms with E-state index < -0.39 is 6.04 Å². The van der Waals surface area contributed by atoms with Crippen molar-refractivity contribution in [1.82, 2.24) is 0 Å². The van der Waals surface area contributed by atoms with E-state index in [-0.39, 0.29) is 17.1 Å². The van der Waals surface area contributed by atoms with Gasteiger partial charge in [0.2, 0.25) is 5.76 Å². The lowest BCUT2D eigenvalue weighted by Crippen LogP contribution is -2.29. The minimum absolute atomic E-state index is 0.0986. The average Bonchev–Trinajstić information content (AvgIpc) is 3.13. The number of hydrogen-bond donors (Lipinski definition) is 0. The van der Waals surface area contributed by atoms with Gasteiger partial charge in [0.05, 0.1) is 24.1 Å². The van der Waals surface area contributed by atoms with Gasteiger partial charge < -0.3 is 9.15 Å². The smallest absolute Gasteiger partial charge is 0.295 e. The molecule has 0 radical (unpaired) electrons. The summed E-state index contributed by atoms with van der Waals surface area (Å²) < 4.78 is 11.5. The van der Waals surface area contributed by atoms with Crippen molar-refractivity contribution in [3.05, 3.63) is 104 Å². The number of ether oxygens (including phenoxy) is 1. The first-order chi connectivity index (χ1) is 16.3. The zero-order chi connectivity index (χ0) is 24.1. The van der Waals surface area contributed by atoms with Crippen LogP contribution in [-0.2, 0) is 0 Å². The third-order valence-electron chi connectivity index (χ3n) is 6.74. The highest BCUT2D eigenvalue weighted by Crippen LogP contribution is 2.42. The molecule has 0 saturated carbocycles. The van der Waals surface area contributed by atoms with Gasteiger partial charge in [0.1, 0.15) is 11.3 Å². The Kier molecular flexibility index (Phi) is 5.28. The van der Waals surface area contributed by atoms with E-state index in [1.54, 1.807) is 18.1 Å². The SMILES string of the molecule is COc1cccc(N2C(=O)c3oc4cc(C)c(C)cc4c(=O)c3C2c2ccc(C(C)C)cc2)c1. The van der Waals surface area contributed by atoms with E-state index >= 15 is 0 Å². The Morgan fingerprint density at radius 2 is 1.65 bits per heavy atom. The molecule has 5 nitrogen and oxygen atoms in total. The van der Waals surface area contributed by atoms with Crippen molar-refractivity contribution in [2.24, 2.45) is 0 Å². The topological polar surface area (TPSA) is 59.8 Å². The molecular formula is C29H27NO4. The maximum Gasteiger partial charge on any atom is 0.295 e. The maximum atomic E-state index is 13.8. The minimum atomic E-state index is -0.599. The van der Waals surface area contributed by atoms with Crippen LogP contribution in [0.3, 0.4) is 0 Å². The van der Waals surface area contributed by atoms with Crippen molar-refractivity contribution in [2.45, 2.75) is 39.7 Å². The fraction of sp³-hybridized carbons (Fsp3) is 0.241. The molecule has 172 valence electrons. The molecule has 1 amide bonds. The summed E-state index contributed by atoms with van der Waals surface area (Å²) in [5, 5.41) is 0.492. The van der Waals surface area contributed by atoms with Gasteiger partial charge in [-0.05, 0) is 66.3 Å². The molecular weight excluding hydrogens is 426 g/mol. The predicted molar refractivity (Wildman–Crippen MR) is 134 cm³/mol. The van der Waals surface area contributed by atoms with Gasteiger partial charge in [0.25, 0.3) is 5.91 Å². The van der Waals surface area contributed by atoms with E-state index in [2.05, 4.69) is 26.0 Å². The van der Waals surface area contributed by atoms with Crippen LogP contribution in [0.1, 0.15) is 64.2 Å². The zero-order valence-electron chi connectivity index (χ0n) is 20.0. The van der Waals surface area contributed by atoms with Crippen LogP contribution in [0.25, 0.3) is 11.0 Å². The fourth-order valence-corrected chi connectivity index (χ4v) is 4.63. The van der Waals surface area contributed by atoms with E-state index in [0.29, 0.717) is 33.9 Å². The quantitative estimate of drug-likeness (QED) is 0.364. The molecule has 1 aliphatic heterocycles. The molecule has 0 spiro atoms. The monoisotopic (exact) mass is 453 g/mol. The molecule has 1 unspecified atom stereocenters. The highest BCUT2D eigenvalue weighted by molar-refractivity contribution is 6.10. The molecule has 1 aliphatic rings. The Hall–Kier alpha value is -3.86. The van der Waals surface area contributed by atoms with Gasteiger partial charge in [0, 0.05) is 11.8 Å². The first kappa shape index (κ1) is 22.0. The van der Waals surface area contributed by atoms with E-state index in [9.17, 15) is 9.59 Å². The van der Waals surface area contributed by atoms with Crippen LogP contribution in [-0.4, -0.2) is 13.0 Å². The lowest BCUT2D eigenvalue weighted by Gasteiger charge is -2.26. The second-order valence-corrected chi connectivity index (χ2v) is 9.21. The van der Waals surface area contributed by atoms with Crippen molar-refractivity contribution in [3.8, 4) is 5.75 Å². The fourth-order valence-electron chi connectivity index (χ4n) is 4.63. The lowest BCUT2D eigenvalue weighted by molar-refractivity contribution is 0.0971. The summed E-state index contributed by atoms with van der Waals surface area (Å²) in [6, 6.07) is 18.5. The zero-order valence-corrected chi connectivity index (χ0v) is 20.0. The lowest BCUT2D eigenvalue weighted by atomic mass is 9.94. The minimum Gasteiger partial charge on any atom is -0.497 e. The normalized spacial score (nSPS) is 15.3. The summed E-state index contributed by atoms with van der Waals surface area (Å²) in [5.74, 6) is 0.770. The van der Waals surface area contributed by atoms with Gasteiger partial charge in [-0.15, -0.1) is 0 Å². The summed E-state index contributed by atoms with van der Waals surface area (Å²) in [7, 11) is 1.59. The van der Waals surface area contributed by atoms with Crippen LogP contribution < -0.4 is 15.1 Å². The third kappa shape index (κ3) is 3.39. The first-order valence-corrected chi connectivity index (χ1v) is 11.5. The molecule has 3 aromatic carbocycles. The highest BCUT2D eigenvalue weighted by atomic mass is 16.5. The van der Waals surface area contributed by atoms with Crippen LogP contribution in [0, 0.1) is 13.8 Å². The third-order valence-corrected chi connectivity index (χ3v) is 6.74. The molecule has 0 saturated heterocycles. The predicted octanol–water partition coefficient (Wildman–Crippen LogP) is 6.29. The number of rotatable bonds is 4. The van der Waals surface area contributed by atoms with Crippen molar-refractivity contribution in [2.75, 3.05) is 12.0 Å².